The highest BCUT2D eigenvalue weighted by Crippen LogP contribution is 2.53. The minimum atomic E-state index is -1.46. The van der Waals surface area contributed by atoms with Gasteiger partial charge in [-0.2, -0.15) is 0 Å². The Morgan fingerprint density at radius 1 is 1.10 bits per heavy atom. The Bertz CT molecular complexity index is 1090. The molecule has 3 aliphatic rings. The van der Waals surface area contributed by atoms with Crippen molar-refractivity contribution in [2.75, 3.05) is 5.32 Å². The van der Waals surface area contributed by atoms with Crippen molar-refractivity contribution in [3.8, 4) is 0 Å². The van der Waals surface area contributed by atoms with Gasteiger partial charge in [0, 0.05) is 23.3 Å². The Kier molecular flexibility index (Phi) is 4.48. The number of hydrogen-bond donors (Lipinski definition) is 2. The van der Waals surface area contributed by atoms with Crippen LogP contribution in [0.15, 0.2) is 48.5 Å². The smallest absolute Gasteiger partial charge is 0.250 e. The second-order valence-corrected chi connectivity index (χ2v) is 8.70. The number of hydrogen-bond acceptors (Lipinski definition) is 4. The molecule has 3 aliphatic heterocycles. The third kappa shape index (κ3) is 2.69. The zero-order valence-corrected chi connectivity index (χ0v) is 17.4. The summed E-state index contributed by atoms with van der Waals surface area (Å²) in [5.41, 5.74) is 0.405. The van der Waals surface area contributed by atoms with Crippen molar-refractivity contribution in [3.05, 3.63) is 65.5 Å². The van der Waals surface area contributed by atoms with Crippen LogP contribution in [0.5, 0.6) is 0 Å². The lowest BCUT2D eigenvalue weighted by Crippen LogP contribution is -2.54. The summed E-state index contributed by atoms with van der Waals surface area (Å²) >= 11 is 0. The molecule has 5 rings (SSSR count). The number of benzene rings is 2. The first kappa shape index (κ1) is 19.9. The summed E-state index contributed by atoms with van der Waals surface area (Å²) in [4.78, 5) is 41.7. The van der Waals surface area contributed by atoms with Crippen LogP contribution in [0.25, 0.3) is 0 Å². The number of carbonyl (C=O) groups is 3. The number of likely N-dealkylation sites (tertiary alicyclic amines) is 1. The van der Waals surface area contributed by atoms with Crippen LogP contribution in [0.4, 0.5) is 10.1 Å². The summed E-state index contributed by atoms with van der Waals surface area (Å²) in [5.74, 6) is -3.12. The van der Waals surface area contributed by atoms with Crippen LogP contribution in [-0.2, 0) is 26.3 Å². The molecule has 5 atom stereocenters. The molecule has 1 spiro atoms. The van der Waals surface area contributed by atoms with E-state index in [1.165, 1.54) is 23.1 Å². The molecule has 2 aromatic rings. The average molecular weight is 421 g/mol. The molecule has 160 valence electrons. The average Bonchev–Trinajstić information content (AvgIpc) is 3.33. The van der Waals surface area contributed by atoms with Gasteiger partial charge in [-0.25, -0.2) is 4.39 Å². The molecule has 2 aromatic carbocycles. The molecule has 3 amide bonds. The summed E-state index contributed by atoms with van der Waals surface area (Å²) in [5, 5.41) is 6.14. The Labute approximate surface area is 179 Å². The van der Waals surface area contributed by atoms with Gasteiger partial charge in [0.25, 0.3) is 0 Å². The van der Waals surface area contributed by atoms with Crippen LogP contribution in [0, 0.1) is 17.7 Å². The zero-order valence-electron chi connectivity index (χ0n) is 17.4. The van der Waals surface area contributed by atoms with E-state index in [4.69, 9.17) is 0 Å². The van der Waals surface area contributed by atoms with Crippen LogP contribution < -0.4 is 10.6 Å². The van der Waals surface area contributed by atoms with Crippen LogP contribution in [0.2, 0.25) is 0 Å². The third-order valence-corrected chi connectivity index (χ3v) is 7.04. The van der Waals surface area contributed by atoms with Crippen molar-refractivity contribution in [1.29, 1.82) is 0 Å². The highest BCUT2D eigenvalue weighted by atomic mass is 19.1. The minimum absolute atomic E-state index is 0.257. The van der Waals surface area contributed by atoms with E-state index in [0.717, 1.165) is 5.56 Å². The van der Waals surface area contributed by atoms with Crippen molar-refractivity contribution in [2.45, 2.75) is 44.3 Å². The maximum absolute atomic E-state index is 14.2. The lowest BCUT2D eigenvalue weighted by atomic mass is 9.76. The lowest BCUT2D eigenvalue weighted by molar-refractivity contribution is -0.145. The molecule has 0 aromatic heterocycles. The zero-order chi connectivity index (χ0) is 21.9. The lowest BCUT2D eigenvalue weighted by Gasteiger charge is -2.31. The fraction of sp³-hybridized carbons (Fsp3) is 0.375. The van der Waals surface area contributed by atoms with E-state index in [9.17, 15) is 18.8 Å². The van der Waals surface area contributed by atoms with Gasteiger partial charge in [-0.15, -0.1) is 0 Å². The number of halogens is 1. The highest BCUT2D eigenvalue weighted by molar-refractivity contribution is 6.15. The van der Waals surface area contributed by atoms with Crippen molar-refractivity contribution in [2.24, 2.45) is 11.8 Å². The molecule has 2 fully saturated rings. The van der Waals surface area contributed by atoms with Crippen molar-refractivity contribution >= 4 is 23.4 Å². The Morgan fingerprint density at radius 3 is 2.55 bits per heavy atom. The summed E-state index contributed by atoms with van der Waals surface area (Å²) in [7, 11) is 0. The second kappa shape index (κ2) is 6.99. The van der Waals surface area contributed by atoms with Crippen molar-refractivity contribution in [3.63, 3.8) is 0 Å². The number of nitrogens with zero attached hydrogens (tertiary/aromatic N) is 1. The van der Waals surface area contributed by atoms with Crippen molar-refractivity contribution in [1.82, 2.24) is 10.2 Å². The molecule has 3 heterocycles. The number of imide groups is 1. The molecule has 0 bridgehead atoms. The molecule has 6 nitrogen and oxygen atoms in total. The van der Waals surface area contributed by atoms with Gasteiger partial charge in [-0.3, -0.25) is 24.6 Å². The SMILES string of the molecule is CC[C@H](C)N1C(=O)[C@@H]2[C@H](Cc3ccccc3)N[C@@]3(C(=O)Nc4ccc(F)cc43)[C@@H]2C1=O. The number of fused-ring (bicyclic) bond motifs is 4. The Morgan fingerprint density at radius 2 is 1.84 bits per heavy atom. The van der Waals surface area contributed by atoms with Crippen molar-refractivity contribution < 1.29 is 18.8 Å². The van der Waals surface area contributed by atoms with Gasteiger partial charge in [-0.05, 0) is 43.5 Å². The first-order valence-corrected chi connectivity index (χ1v) is 10.7. The van der Waals surface area contributed by atoms with Gasteiger partial charge in [-0.1, -0.05) is 37.3 Å². The molecular weight excluding hydrogens is 397 g/mol. The number of amides is 3. The number of rotatable bonds is 4. The highest BCUT2D eigenvalue weighted by Gasteiger charge is 2.70. The van der Waals surface area contributed by atoms with Gasteiger partial charge in [0.05, 0.1) is 11.8 Å². The third-order valence-electron chi connectivity index (χ3n) is 7.04. The first-order chi connectivity index (χ1) is 14.9. The summed E-state index contributed by atoms with van der Waals surface area (Å²) < 4.78 is 14.2. The first-order valence-electron chi connectivity index (χ1n) is 10.7. The number of anilines is 1. The molecule has 0 unspecified atom stereocenters. The van der Waals surface area contributed by atoms with E-state index >= 15 is 0 Å². The van der Waals surface area contributed by atoms with Crippen LogP contribution >= 0.6 is 0 Å². The van der Waals surface area contributed by atoms with E-state index in [1.54, 1.807) is 0 Å². The van der Waals surface area contributed by atoms with Crippen LogP contribution in [0.3, 0.4) is 0 Å². The largest absolute Gasteiger partial charge is 0.324 e. The second-order valence-electron chi connectivity index (χ2n) is 8.70. The molecule has 0 saturated carbocycles. The normalized spacial score (nSPS) is 30.0. The van der Waals surface area contributed by atoms with E-state index < -0.39 is 35.1 Å². The molecule has 2 saturated heterocycles. The monoisotopic (exact) mass is 421 g/mol. The van der Waals surface area contributed by atoms with Crippen LogP contribution in [-0.4, -0.2) is 34.7 Å². The van der Waals surface area contributed by atoms with E-state index in [1.807, 2.05) is 44.2 Å². The molecule has 0 aliphatic carbocycles. The Balaban J connectivity index is 1.66. The fourth-order valence-electron chi connectivity index (χ4n) is 5.46. The molecular formula is C24H24FN3O3. The predicted octanol–water partition coefficient (Wildman–Crippen LogP) is 2.59. The summed E-state index contributed by atoms with van der Waals surface area (Å²) in [6.07, 6.45) is 1.10. The molecule has 0 radical (unpaired) electrons. The number of nitrogens with one attached hydrogen (secondary N) is 2. The maximum atomic E-state index is 14.2. The van der Waals surface area contributed by atoms with Gasteiger partial charge in [0.1, 0.15) is 11.4 Å². The Hall–Kier alpha value is -3.06. The van der Waals surface area contributed by atoms with E-state index in [-0.39, 0.29) is 17.9 Å². The minimum Gasteiger partial charge on any atom is -0.324 e. The molecule has 31 heavy (non-hydrogen) atoms. The van der Waals surface area contributed by atoms with E-state index in [2.05, 4.69) is 10.6 Å². The topological polar surface area (TPSA) is 78.5 Å². The van der Waals surface area contributed by atoms with Gasteiger partial charge < -0.3 is 5.32 Å². The van der Waals surface area contributed by atoms with Gasteiger partial charge in [0.15, 0.2) is 0 Å². The van der Waals surface area contributed by atoms with Gasteiger partial charge in [0.2, 0.25) is 17.7 Å². The number of carbonyl (C=O) groups excluding carboxylic acids is 3. The quantitative estimate of drug-likeness (QED) is 0.744. The van der Waals surface area contributed by atoms with Crippen LogP contribution in [0.1, 0.15) is 31.4 Å². The maximum Gasteiger partial charge on any atom is 0.250 e. The summed E-state index contributed by atoms with van der Waals surface area (Å²) in [6, 6.07) is 13.0. The predicted molar refractivity (Wildman–Crippen MR) is 112 cm³/mol. The summed E-state index contributed by atoms with van der Waals surface area (Å²) in [6.45, 7) is 3.76. The van der Waals surface area contributed by atoms with E-state index in [0.29, 0.717) is 24.1 Å². The van der Waals surface area contributed by atoms with Gasteiger partial charge >= 0.3 is 0 Å². The molecule has 2 N–H and O–H groups in total. The fourth-order valence-corrected chi connectivity index (χ4v) is 5.46. The molecule has 7 heteroatoms. The standard InChI is InChI=1S/C24H24FN3O3/c1-3-13(2)28-21(29)19-18(11-14-7-5-4-6-8-14)27-24(20(19)22(28)30)16-12-15(25)9-10-17(16)26-23(24)31/h4-10,12-13,18-20,27H,3,11H2,1-2H3,(H,26,31)/t13-,18-,19+,20-,24+/m0/s1.